The summed E-state index contributed by atoms with van der Waals surface area (Å²) in [5.74, 6) is 3.76. The first-order valence-corrected chi connectivity index (χ1v) is 10.7. The molecule has 6 nitrogen and oxygen atoms in total. The Hall–Kier alpha value is -2.50. The number of carbonyl (C=O) groups is 1. The van der Waals surface area contributed by atoms with E-state index in [0.29, 0.717) is 48.8 Å². The van der Waals surface area contributed by atoms with Crippen molar-refractivity contribution in [1.29, 1.82) is 0 Å². The predicted molar refractivity (Wildman–Crippen MR) is 109 cm³/mol. The molecule has 2 aliphatic carbocycles. The second-order valence-electron chi connectivity index (χ2n) is 8.07. The van der Waals surface area contributed by atoms with Gasteiger partial charge in [-0.15, -0.1) is 0 Å². The second kappa shape index (κ2) is 8.89. The first-order valence-electron chi connectivity index (χ1n) is 10.7. The van der Waals surface area contributed by atoms with Gasteiger partial charge in [-0.05, 0) is 54.5 Å². The summed E-state index contributed by atoms with van der Waals surface area (Å²) in [6.07, 6.45) is 5.95. The number of ether oxygens (including phenoxy) is 2. The van der Waals surface area contributed by atoms with Crippen LogP contribution in [0.5, 0.6) is 11.6 Å². The van der Waals surface area contributed by atoms with E-state index in [-0.39, 0.29) is 11.9 Å². The molecule has 1 heterocycles. The summed E-state index contributed by atoms with van der Waals surface area (Å²) >= 11 is 0. The lowest BCUT2D eigenvalue weighted by Gasteiger charge is -2.55. The Morgan fingerprint density at radius 3 is 2.69 bits per heavy atom. The predicted octanol–water partition coefficient (Wildman–Crippen LogP) is 4.10. The van der Waals surface area contributed by atoms with E-state index in [1.165, 1.54) is 31.2 Å². The molecule has 0 spiro atoms. The number of nitrogens with zero attached hydrogens (tertiary/aromatic N) is 1. The van der Waals surface area contributed by atoms with Gasteiger partial charge >= 0.3 is 0 Å². The molecule has 2 aliphatic rings. The van der Waals surface area contributed by atoms with Crippen molar-refractivity contribution in [3.63, 3.8) is 0 Å². The molecule has 0 aliphatic heterocycles. The SMILES string of the molecule is CCOc1cc(CCC(=O)N[C@H]2[C@@H]3CCCC[C@H]3[C@@H]2c2ccc(OC)cc2)on1. The molecular formula is C23H30N2O4. The van der Waals surface area contributed by atoms with Crippen molar-refractivity contribution in [2.75, 3.05) is 13.7 Å². The maximum atomic E-state index is 12.7. The summed E-state index contributed by atoms with van der Waals surface area (Å²) in [5.41, 5.74) is 1.30. The summed E-state index contributed by atoms with van der Waals surface area (Å²) in [4.78, 5) is 12.7. The molecule has 156 valence electrons. The van der Waals surface area contributed by atoms with Crippen LogP contribution in [0.25, 0.3) is 0 Å². The van der Waals surface area contributed by atoms with Gasteiger partial charge in [0.2, 0.25) is 5.91 Å². The van der Waals surface area contributed by atoms with Crippen LogP contribution < -0.4 is 14.8 Å². The molecule has 0 bridgehead atoms. The molecule has 4 rings (SSSR count). The molecule has 6 heteroatoms. The number of benzene rings is 1. The van der Waals surface area contributed by atoms with E-state index in [2.05, 4.69) is 22.6 Å². The lowest BCUT2D eigenvalue weighted by atomic mass is 9.53. The number of amides is 1. The van der Waals surface area contributed by atoms with E-state index in [9.17, 15) is 4.79 Å². The van der Waals surface area contributed by atoms with Crippen molar-refractivity contribution in [1.82, 2.24) is 10.5 Å². The Morgan fingerprint density at radius 1 is 1.21 bits per heavy atom. The van der Waals surface area contributed by atoms with Gasteiger partial charge in [-0.1, -0.05) is 25.0 Å². The maximum Gasteiger partial charge on any atom is 0.254 e. The number of hydrogen-bond donors (Lipinski definition) is 1. The van der Waals surface area contributed by atoms with E-state index < -0.39 is 0 Å². The summed E-state index contributed by atoms with van der Waals surface area (Å²) in [6.45, 7) is 2.45. The molecule has 1 aromatic carbocycles. The normalized spacial score (nSPS) is 25.6. The Bertz CT molecular complexity index is 817. The highest BCUT2D eigenvalue weighted by Gasteiger charge is 2.51. The highest BCUT2D eigenvalue weighted by molar-refractivity contribution is 5.76. The molecule has 0 unspecified atom stereocenters. The van der Waals surface area contributed by atoms with Gasteiger partial charge in [0.1, 0.15) is 11.5 Å². The Kier molecular flexibility index (Phi) is 6.07. The molecule has 2 fully saturated rings. The average Bonchev–Trinajstić information content (AvgIpc) is 3.19. The van der Waals surface area contributed by atoms with Crippen LogP contribution in [-0.4, -0.2) is 30.8 Å². The summed E-state index contributed by atoms with van der Waals surface area (Å²) in [7, 11) is 1.68. The zero-order valence-corrected chi connectivity index (χ0v) is 17.2. The van der Waals surface area contributed by atoms with Crippen molar-refractivity contribution >= 4 is 5.91 Å². The maximum absolute atomic E-state index is 12.7. The van der Waals surface area contributed by atoms with Crippen LogP contribution in [0.2, 0.25) is 0 Å². The highest BCUT2D eigenvalue weighted by atomic mass is 16.5. The van der Waals surface area contributed by atoms with Crippen molar-refractivity contribution in [3.8, 4) is 11.6 Å². The topological polar surface area (TPSA) is 73.6 Å². The number of aryl methyl sites for hydroxylation is 1. The minimum atomic E-state index is 0.0758. The second-order valence-corrected chi connectivity index (χ2v) is 8.07. The van der Waals surface area contributed by atoms with Gasteiger partial charge in [-0.2, -0.15) is 0 Å². The monoisotopic (exact) mass is 398 g/mol. The number of carbonyl (C=O) groups excluding carboxylic acids is 1. The molecule has 0 radical (unpaired) electrons. The first kappa shape index (κ1) is 19.8. The van der Waals surface area contributed by atoms with E-state index in [0.717, 1.165) is 5.75 Å². The Labute approximate surface area is 171 Å². The average molecular weight is 399 g/mol. The third-order valence-electron chi connectivity index (χ3n) is 6.44. The molecule has 29 heavy (non-hydrogen) atoms. The molecule has 1 amide bonds. The third-order valence-corrected chi connectivity index (χ3v) is 6.44. The largest absolute Gasteiger partial charge is 0.497 e. The molecule has 2 aromatic rings. The first-order chi connectivity index (χ1) is 14.2. The number of hydrogen-bond acceptors (Lipinski definition) is 5. The van der Waals surface area contributed by atoms with E-state index in [4.69, 9.17) is 14.0 Å². The quantitative estimate of drug-likeness (QED) is 0.725. The minimum Gasteiger partial charge on any atom is -0.497 e. The van der Waals surface area contributed by atoms with Crippen molar-refractivity contribution in [2.45, 2.75) is 57.4 Å². The van der Waals surface area contributed by atoms with Gasteiger partial charge < -0.3 is 19.3 Å². The molecule has 1 N–H and O–H groups in total. The fraction of sp³-hybridized carbons (Fsp3) is 0.565. The van der Waals surface area contributed by atoms with Crippen LogP contribution in [-0.2, 0) is 11.2 Å². The van der Waals surface area contributed by atoms with Gasteiger partial charge in [0, 0.05) is 30.9 Å². The molecule has 4 atom stereocenters. The standard InChI is InChI=1S/C23H30N2O4/c1-3-28-21-14-17(29-25-21)12-13-20(26)24-23-19-7-5-4-6-18(19)22(23)15-8-10-16(27-2)11-9-15/h8-11,14,18-19,22-23H,3-7,12-13H2,1-2H3,(H,24,26)/t18-,19-,22+,23+/m1/s1. The zero-order chi connectivity index (χ0) is 20.2. The van der Waals surface area contributed by atoms with Crippen LogP contribution in [0.15, 0.2) is 34.9 Å². The highest BCUT2D eigenvalue weighted by Crippen LogP contribution is 2.54. The van der Waals surface area contributed by atoms with E-state index >= 15 is 0 Å². The molecule has 1 aromatic heterocycles. The van der Waals surface area contributed by atoms with Crippen molar-refractivity contribution in [3.05, 3.63) is 41.7 Å². The minimum absolute atomic E-state index is 0.0758. The number of nitrogens with one attached hydrogen (secondary N) is 1. The number of aromatic nitrogens is 1. The third kappa shape index (κ3) is 4.26. The van der Waals surface area contributed by atoms with Crippen LogP contribution in [0.1, 0.15) is 56.3 Å². The Morgan fingerprint density at radius 2 is 1.97 bits per heavy atom. The van der Waals surface area contributed by atoms with Gasteiger partial charge in [-0.25, -0.2) is 0 Å². The number of rotatable bonds is 8. The summed E-state index contributed by atoms with van der Waals surface area (Å²) in [5, 5.41) is 7.18. The summed E-state index contributed by atoms with van der Waals surface area (Å²) in [6, 6.07) is 10.3. The van der Waals surface area contributed by atoms with Gasteiger partial charge in [-0.3, -0.25) is 4.79 Å². The number of fused-ring (bicyclic) bond motifs is 1. The zero-order valence-electron chi connectivity index (χ0n) is 17.2. The smallest absolute Gasteiger partial charge is 0.254 e. The van der Waals surface area contributed by atoms with Crippen molar-refractivity contribution < 1.29 is 18.8 Å². The van der Waals surface area contributed by atoms with Gasteiger partial charge in [0.05, 0.1) is 13.7 Å². The lowest BCUT2D eigenvalue weighted by Crippen LogP contribution is -2.59. The summed E-state index contributed by atoms with van der Waals surface area (Å²) < 4.78 is 15.8. The molecule has 2 saturated carbocycles. The van der Waals surface area contributed by atoms with E-state index in [1.54, 1.807) is 13.2 Å². The van der Waals surface area contributed by atoms with Crippen LogP contribution >= 0.6 is 0 Å². The number of methoxy groups -OCH3 is 1. The van der Waals surface area contributed by atoms with Crippen LogP contribution in [0, 0.1) is 11.8 Å². The van der Waals surface area contributed by atoms with Crippen LogP contribution in [0.4, 0.5) is 0 Å². The lowest BCUT2D eigenvalue weighted by molar-refractivity contribution is -0.124. The van der Waals surface area contributed by atoms with Crippen molar-refractivity contribution in [2.24, 2.45) is 11.8 Å². The molecular weight excluding hydrogens is 368 g/mol. The van der Waals surface area contributed by atoms with E-state index in [1.807, 2.05) is 19.1 Å². The fourth-order valence-corrected chi connectivity index (χ4v) is 5.07. The van der Waals surface area contributed by atoms with Crippen LogP contribution in [0.3, 0.4) is 0 Å². The Balaban J connectivity index is 1.38. The van der Waals surface area contributed by atoms with Gasteiger partial charge in [0.15, 0.2) is 0 Å². The van der Waals surface area contributed by atoms with Gasteiger partial charge in [0.25, 0.3) is 5.88 Å². The fourth-order valence-electron chi connectivity index (χ4n) is 5.07. The molecule has 0 saturated heterocycles.